The van der Waals surface area contributed by atoms with E-state index >= 15 is 0 Å². The van der Waals surface area contributed by atoms with Crippen molar-refractivity contribution in [3.8, 4) is 28.4 Å². The third-order valence-electron chi connectivity index (χ3n) is 3.72. The van der Waals surface area contributed by atoms with Gasteiger partial charge in [-0.3, -0.25) is 0 Å². The zero-order valence-electron chi connectivity index (χ0n) is 13.7. The van der Waals surface area contributed by atoms with Crippen LogP contribution in [0.15, 0.2) is 30.3 Å². The molecule has 5 heteroatoms. The van der Waals surface area contributed by atoms with E-state index in [4.69, 9.17) is 9.47 Å². The molecule has 0 aliphatic rings. The van der Waals surface area contributed by atoms with Gasteiger partial charge in [-0.15, -0.1) is 9.24 Å². The first-order chi connectivity index (χ1) is 10.3. The molecule has 0 aromatic heterocycles. The van der Waals surface area contributed by atoms with Gasteiger partial charge in [-0.05, 0) is 22.9 Å². The van der Waals surface area contributed by atoms with Gasteiger partial charge in [-0.25, -0.2) is 0 Å². The molecule has 118 valence electrons. The van der Waals surface area contributed by atoms with Crippen LogP contribution in [0.3, 0.4) is 0 Å². The number of methoxy groups -OCH3 is 2. The van der Waals surface area contributed by atoms with Gasteiger partial charge in [0.2, 0.25) is 0 Å². The van der Waals surface area contributed by atoms with Crippen molar-refractivity contribution in [2.45, 2.75) is 19.6 Å². The lowest BCUT2D eigenvalue weighted by atomic mass is 10.0. The van der Waals surface area contributed by atoms with Crippen LogP contribution in [0.1, 0.15) is 0 Å². The smallest absolute Gasteiger partial charge is 0.130 e. The van der Waals surface area contributed by atoms with Crippen molar-refractivity contribution < 1.29 is 14.6 Å². The molecule has 1 unspecified atom stereocenters. The minimum Gasteiger partial charge on any atom is -0.507 e. The van der Waals surface area contributed by atoms with E-state index in [9.17, 15) is 5.11 Å². The molecule has 0 bridgehead atoms. The summed E-state index contributed by atoms with van der Waals surface area (Å²) in [6.45, 7) is 6.65. The zero-order valence-corrected chi connectivity index (χ0v) is 15.9. The highest BCUT2D eigenvalue weighted by atomic mass is 31.0. The summed E-state index contributed by atoms with van der Waals surface area (Å²) in [6, 6.07) is 9.74. The maximum atomic E-state index is 10.6. The number of phenolic OH excluding ortho intramolecular Hbond substituents is 1. The molecule has 0 amide bonds. The monoisotopic (exact) mass is 334 g/mol. The van der Waals surface area contributed by atoms with Gasteiger partial charge in [-0.2, -0.15) is 0 Å². The Bertz CT molecular complexity index is 671. The van der Waals surface area contributed by atoms with Crippen LogP contribution in [-0.2, 0) is 0 Å². The molecule has 1 atom stereocenters. The topological polar surface area (TPSA) is 38.7 Å². The fourth-order valence-electron chi connectivity index (χ4n) is 2.55. The fourth-order valence-corrected chi connectivity index (χ4v) is 4.52. The summed E-state index contributed by atoms with van der Waals surface area (Å²) in [5.74, 6) is 1.81. The number of rotatable bonds is 4. The maximum Gasteiger partial charge on any atom is 0.130 e. The quantitative estimate of drug-likeness (QED) is 0.690. The van der Waals surface area contributed by atoms with E-state index in [0.717, 1.165) is 33.1 Å². The molecule has 0 aliphatic carbocycles. The molecule has 0 fully saturated rings. The molecule has 1 N–H and O–H groups in total. The standard InChI is InChI=1S/C17H23O3PSi/c1-19-12-7-6-8-13(20-2)15(12)11-9-10-14(22(3,4)5)16(18)17(11)21/h6-10,18H,21H2,1-5H3. The molecule has 0 radical (unpaired) electrons. The second-order valence-electron chi connectivity index (χ2n) is 6.21. The van der Waals surface area contributed by atoms with Gasteiger partial charge in [0.05, 0.1) is 27.9 Å². The van der Waals surface area contributed by atoms with Crippen LogP contribution >= 0.6 is 9.24 Å². The van der Waals surface area contributed by atoms with Crippen molar-refractivity contribution in [3.05, 3.63) is 30.3 Å². The van der Waals surface area contributed by atoms with E-state index in [0.29, 0.717) is 5.75 Å². The molecule has 0 spiro atoms. The lowest BCUT2D eigenvalue weighted by Crippen LogP contribution is -2.39. The van der Waals surface area contributed by atoms with E-state index < -0.39 is 8.07 Å². The lowest BCUT2D eigenvalue weighted by molar-refractivity contribution is 0.397. The zero-order chi connectivity index (χ0) is 16.5. The summed E-state index contributed by atoms with van der Waals surface area (Å²) in [5.41, 5.74) is 1.76. The minimum atomic E-state index is -1.60. The van der Waals surface area contributed by atoms with Gasteiger partial charge in [0.1, 0.15) is 17.2 Å². The van der Waals surface area contributed by atoms with Crippen molar-refractivity contribution in [2.75, 3.05) is 14.2 Å². The highest BCUT2D eigenvalue weighted by molar-refractivity contribution is 7.28. The molecule has 2 aromatic carbocycles. The molecule has 0 aliphatic heterocycles. The second-order valence-corrected chi connectivity index (χ2v) is 11.8. The number of ether oxygens (including phenoxy) is 2. The number of aromatic hydroxyl groups is 1. The predicted octanol–water partition coefficient (Wildman–Crippen LogP) is 3.12. The molecular formula is C17H23O3PSi. The Hall–Kier alpha value is -1.51. The summed E-state index contributed by atoms with van der Waals surface area (Å²) in [5, 5.41) is 12.5. The molecular weight excluding hydrogens is 311 g/mol. The Kier molecular flexibility index (Phi) is 4.83. The molecule has 3 nitrogen and oxygen atoms in total. The average molecular weight is 334 g/mol. The number of hydrogen-bond donors (Lipinski definition) is 1. The van der Waals surface area contributed by atoms with E-state index in [1.807, 2.05) is 30.3 Å². The van der Waals surface area contributed by atoms with Gasteiger partial charge < -0.3 is 14.6 Å². The van der Waals surface area contributed by atoms with Crippen molar-refractivity contribution in [1.82, 2.24) is 0 Å². The largest absolute Gasteiger partial charge is 0.507 e. The van der Waals surface area contributed by atoms with Crippen LogP contribution in [-0.4, -0.2) is 27.4 Å². The van der Waals surface area contributed by atoms with Gasteiger partial charge in [0, 0.05) is 5.30 Å². The molecule has 0 heterocycles. The van der Waals surface area contributed by atoms with Crippen LogP contribution in [0.25, 0.3) is 11.1 Å². The molecule has 2 aromatic rings. The Morgan fingerprint density at radius 1 is 0.955 bits per heavy atom. The SMILES string of the molecule is COc1cccc(OC)c1-c1ccc([Si](C)(C)C)c(O)c1P. The van der Waals surface area contributed by atoms with E-state index in [-0.39, 0.29) is 0 Å². The summed E-state index contributed by atoms with van der Waals surface area (Å²) in [4.78, 5) is 0. The Balaban J connectivity index is 2.73. The molecule has 0 saturated carbocycles. The lowest BCUT2D eigenvalue weighted by Gasteiger charge is -2.22. The van der Waals surface area contributed by atoms with Crippen LogP contribution in [0.2, 0.25) is 19.6 Å². The second kappa shape index (κ2) is 6.31. The van der Waals surface area contributed by atoms with E-state index in [1.54, 1.807) is 14.2 Å². The summed E-state index contributed by atoms with van der Waals surface area (Å²) < 4.78 is 10.9. The molecule has 0 saturated heterocycles. The maximum absolute atomic E-state index is 10.6. The van der Waals surface area contributed by atoms with Crippen molar-refractivity contribution in [3.63, 3.8) is 0 Å². The normalized spacial score (nSPS) is 11.4. The highest BCUT2D eigenvalue weighted by Gasteiger charge is 2.24. The third kappa shape index (κ3) is 2.99. The van der Waals surface area contributed by atoms with Crippen molar-refractivity contribution in [1.29, 1.82) is 0 Å². The number of hydrogen-bond acceptors (Lipinski definition) is 3. The Labute approximate surface area is 135 Å². The summed E-state index contributed by atoms with van der Waals surface area (Å²) in [7, 11) is 4.33. The first kappa shape index (κ1) is 16.9. The van der Waals surface area contributed by atoms with Gasteiger partial charge >= 0.3 is 0 Å². The minimum absolute atomic E-state index is 0.356. The Morgan fingerprint density at radius 3 is 1.95 bits per heavy atom. The van der Waals surface area contributed by atoms with Gasteiger partial charge in [0.25, 0.3) is 0 Å². The summed E-state index contributed by atoms with van der Waals surface area (Å²) in [6.07, 6.45) is 0. The van der Waals surface area contributed by atoms with Crippen LogP contribution in [0.5, 0.6) is 17.2 Å². The molecule has 2 rings (SSSR count). The van der Waals surface area contributed by atoms with Crippen molar-refractivity contribution >= 4 is 27.8 Å². The number of phenols is 1. The van der Waals surface area contributed by atoms with Gasteiger partial charge in [0.15, 0.2) is 0 Å². The fraction of sp³-hybridized carbons (Fsp3) is 0.294. The Morgan fingerprint density at radius 2 is 1.50 bits per heavy atom. The highest BCUT2D eigenvalue weighted by Crippen LogP contribution is 2.39. The van der Waals surface area contributed by atoms with E-state index in [1.165, 1.54) is 0 Å². The van der Waals surface area contributed by atoms with Gasteiger partial charge in [-0.1, -0.05) is 37.8 Å². The number of benzene rings is 2. The first-order valence-corrected chi connectivity index (χ1v) is 11.2. The third-order valence-corrected chi connectivity index (χ3v) is 6.33. The first-order valence-electron chi connectivity index (χ1n) is 7.14. The predicted molar refractivity (Wildman–Crippen MR) is 99.0 cm³/mol. The average Bonchev–Trinajstić information content (AvgIpc) is 2.48. The van der Waals surface area contributed by atoms with Crippen LogP contribution < -0.4 is 20.0 Å². The van der Waals surface area contributed by atoms with Crippen LogP contribution in [0, 0.1) is 0 Å². The summed E-state index contributed by atoms with van der Waals surface area (Å²) >= 11 is 0. The molecule has 22 heavy (non-hydrogen) atoms. The van der Waals surface area contributed by atoms with E-state index in [2.05, 4.69) is 28.9 Å². The van der Waals surface area contributed by atoms with Crippen LogP contribution in [0.4, 0.5) is 0 Å². The van der Waals surface area contributed by atoms with Crippen molar-refractivity contribution in [2.24, 2.45) is 0 Å².